The first-order chi connectivity index (χ1) is 12.6. The number of aryl methyl sites for hydroxylation is 1. The average Bonchev–Trinajstić information content (AvgIpc) is 3.09. The van der Waals surface area contributed by atoms with Crippen molar-refractivity contribution in [1.82, 2.24) is 15.5 Å². The van der Waals surface area contributed by atoms with Crippen LogP contribution in [-0.4, -0.2) is 62.3 Å². The molecule has 0 bridgehead atoms. The molecule has 3 aliphatic rings. The Kier molecular flexibility index (Phi) is 7.93. The second-order valence-corrected chi connectivity index (χ2v) is 7.72. The standard InChI is InChI=1S/C19H27N3O4.2ClH/c1-13-9-15(14-3-2-5-20-10-14)26-18(24)16(13)17(23)22-7-8-25-19(12-22)4-6-21-11-19;;/h9,14,20-21H,2-8,10-12H2,1H3;2*1H. The van der Waals surface area contributed by atoms with Gasteiger partial charge in [-0.15, -0.1) is 24.8 Å². The van der Waals surface area contributed by atoms with Gasteiger partial charge in [-0.05, 0) is 50.9 Å². The highest BCUT2D eigenvalue weighted by Crippen LogP contribution is 2.27. The van der Waals surface area contributed by atoms with E-state index in [0.29, 0.717) is 31.0 Å². The Bertz CT molecular complexity index is 743. The van der Waals surface area contributed by atoms with E-state index in [1.165, 1.54) is 0 Å². The minimum absolute atomic E-state index is 0. The fourth-order valence-corrected chi connectivity index (χ4v) is 4.34. The van der Waals surface area contributed by atoms with Crippen LogP contribution in [0.1, 0.15) is 46.9 Å². The summed E-state index contributed by atoms with van der Waals surface area (Å²) in [6, 6.07) is 1.87. The zero-order chi connectivity index (χ0) is 18.1. The Balaban J connectivity index is 0.00000140. The molecular formula is C19H29Cl2N3O4. The van der Waals surface area contributed by atoms with Crippen LogP contribution in [0, 0.1) is 6.92 Å². The van der Waals surface area contributed by atoms with Crippen LogP contribution in [0.25, 0.3) is 0 Å². The smallest absolute Gasteiger partial charge is 0.349 e. The molecule has 2 atom stereocenters. The van der Waals surface area contributed by atoms with Gasteiger partial charge in [0.15, 0.2) is 0 Å². The molecule has 4 heterocycles. The van der Waals surface area contributed by atoms with Gasteiger partial charge in [0, 0.05) is 25.6 Å². The summed E-state index contributed by atoms with van der Waals surface area (Å²) in [7, 11) is 0. The SMILES string of the molecule is Cc1cc(C2CCCNC2)oc(=O)c1C(=O)N1CCOC2(CCNC2)C1.Cl.Cl. The lowest BCUT2D eigenvalue weighted by molar-refractivity contribution is -0.0867. The number of amides is 1. The van der Waals surface area contributed by atoms with Crippen LogP contribution in [-0.2, 0) is 4.74 Å². The molecule has 3 fully saturated rings. The van der Waals surface area contributed by atoms with Gasteiger partial charge in [-0.25, -0.2) is 4.79 Å². The Morgan fingerprint density at radius 3 is 2.75 bits per heavy atom. The molecule has 1 aromatic heterocycles. The van der Waals surface area contributed by atoms with E-state index >= 15 is 0 Å². The number of carbonyl (C=O) groups excluding carboxylic acids is 1. The number of rotatable bonds is 2. The molecule has 1 amide bonds. The maximum absolute atomic E-state index is 13.0. The van der Waals surface area contributed by atoms with E-state index in [2.05, 4.69) is 10.6 Å². The lowest BCUT2D eigenvalue weighted by atomic mass is 9.95. The predicted octanol–water partition coefficient (Wildman–Crippen LogP) is 1.46. The van der Waals surface area contributed by atoms with Gasteiger partial charge >= 0.3 is 5.63 Å². The monoisotopic (exact) mass is 433 g/mol. The number of piperidine rings is 1. The van der Waals surface area contributed by atoms with Gasteiger partial charge in [-0.1, -0.05) is 0 Å². The molecule has 3 aliphatic heterocycles. The predicted molar refractivity (Wildman–Crippen MR) is 111 cm³/mol. The number of nitrogens with one attached hydrogen (secondary N) is 2. The van der Waals surface area contributed by atoms with Gasteiger partial charge in [0.2, 0.25) is 0 Å². The lowest BCUT2D eigenvalue weighted by Crippen LogP contribution is -2.55. The normalized spacial score (nSPS) is 27.2. The molecule has 1 aromatic rings. The van der Waals surface area contributed by atoms with Gasteiger partial charge in [-0.3, -0.25) is 4.79 Å². The van der Waals surface area contributed by atoms with Crippen molar-refractivity contribution in [3.05, 3.63) is 33.4 Å². The van der Waals surface area contributed by atoms with Crippen molar-refractivity contribution in [2.75, 3.05) is 45.9 Å². The van der Waals surface area contributed by atoms with Crippen molar-refractivity contribution >= 4 is 30.7 Å². The van der Waals surface area contributed by atoms with Gasteiger partial charge in [-0.2, -0.15) is 0 Å². The minimum Gasteiger partial charge on any atom is -0.427 e. The van der Waals surface area contributed by atoms with Crippen LogP contribution < -0.4 is 16.3 Å². The molecule has 9 heteroatoms. The van der Waals surface area contributed by atoms with E-state index in [9.17, 15) is 9.59 Å². The summed E-state index contributed by atoms with van der Waals surface area (Å²) in [4.78, 5) is 27.4. The molecular weight excluding hydrogens is 405 g/mol. The van der Waals surface area contributed by atoms with Crippen molar-refractivity contribution in [1.29, 1.82) is 0 Å². The number of hydrogen-bond donors (Lipinski definition) is 2. The molecule has 158 valence electrons. The van der Waals surface area contributed by atoms with Crippen molar-refractivity contribution in [3.8, 4) is 0 Å². The zero-order valence-corrected chi connectivity index (χ0v) is 17.8. The Hall–Kier alpha value is -1.12. The summed E-state index contributed by atoms with van der Waals surface area (Å²) in [6.07, 6.45) is 2.96. The van der Waals surface area contributed by atoms with E-state index in [-0.39, 0.29) is 47.8 Å². The van der Waals surface area contributed by atoms with E-state index < -0.39 is 5.63 Å². The first kappa shape index (κ1) is 23.2. The molecule has 28 heavy (non-hydrogen) atoms. The molecule has 4 rings (SSSR count). The second kappa shape index (κ2) is 9.59. The molecule has 0 saturated carbocycles. The van der Waals surface area contributed by atoms with Crippen LogP contribution in [0.2, 0.25) is 0 Å². The molecule has 1 spiro atoms. The quantitative estimate of drug-likeness (QED) is 0.734. The lowest BCUT2D eigenvalue weighted by Gasteiger charge is -2.40. The van der Waals surface area contributed by atoms with Crippen molar-refractivity contribution in [3.63, 3.8) is 0 Å². The number of halogens is 2. The topological polar surface area (TPSA) is 83.8 Å². The molecule has 0 radical (unpaired) electrons. The molecule has 2 N–H and O–H groups in total. The highest BCUT2D eigenvalue weighted by atomic mass is 35.5. The molecule has 7 nitrogen and oxygen atoms in total. The molecule has 0 aliphatic carbocycles. The molecule has 0 aromatic carbocycles. The van der Waals surface area contributed by atoms with Crippen molar-refractivity contribution in [2.45, 2.75) is 37.7 Å². The number of carbonyl (C=O) groups is 1. The van der Waals surface area contributed by atoms with E-state index in [1.54, 1.807) is 4.90 Å². The fourth-order valence-electron chi connectivity index (χ4n) is 4.34. The van der Waals surface area contributed by atoms with Crippen LogP contribution in [0.5, 0.6) is 0 Å². The van der Waals surface area contributed by atoms with Gasteiger partial charge < -0.3 is 24.7 Å². The molecule has 2 unspecified atom stereocenters. The number of morpholine rings is 1. The second-order valence-electron chi connectivity index (χ2n) is 7.72. The third kappa shape index (κ3) is 4.54. The van der Waals surface area contributed by atoms with Crippen LogP contribution >= 0.6 is 24.8 Å². The van der Waals surface area contributed by atoms with Crippen molar-refractivity contribution < 1.29 is 13.9 Å². The maximum atomic E-state index is 13.0. The fraction of sp³-hybridized carbons (Fsp3) is 0.684. The van der Waals surface area contributed by atoms with Crippen molar-refractivity contribution in [2.24, 2.45) is 0 Å². The third-order valence-corrected chi connectivity index (χ3v) is 5.82. The van der Waals surface area contributed by atoms with Crippen LogP contribution in [0.3, 0.4) is 0 Å². The van der Waals surface area contributed by atoms with E-state index in [0.717, 1.165) is 45.4 Å². The Morgan fingerprint density at radius 1 is 1.29 bits per heavy atom. The van der Waals surface area contributed by atoms with Crippen LogP contribution in [0.4, 0.5) is 0 Å². The Morgan fingerprint density at radius 2 is 2.11 bits per heavy atom. The first-order valence-corrected chi connectivity index (χ1v) is 9.57. The summed E-state index contributed by atoms with van der Waals surface area (Å²) in [5.74, 6) is 0.657. The summed E-state index contributed by atoms with van der Waals surface area (Å²) in [5, 5.41) is 6.63. The number of hydrogen-bond acceptors (Lipinski definition) is 6. The summed E-state index contributed by atoms with van der Waals surface area (Å²) in [6.45, 7) is 6.82. The highest BCUT2D eigenvalue weighted by molar-refractivity contribution is 5.95. The van der Waals surface area contributed by atoms with Gasteiger partial charge in [0.25, 0.3) is 5.91 Å². The summed E-state index contributed by atoms with van der Waals surface area (Å²) in [5.41, 5.74) is 0.0495. The third-order valence-electron chi connectivity index (χ3n) is 5.82. The summed E-state index contributed by atoms with van der Waals surface area (Å²) >= 11 is 0. The van der Waals surface area contributed by atoms with Gasteiger partial charge in [0.05, 0.1) is 18.8 Å². The number of nitrogens with zero attached hydrogens (tertiary/aromatic N) is 1. The molecule has 3 saturated heterocycles. The highest BCUT2D eigenvalue weighted by Gasteiger charge is 2.41. The van der Waals surface area contributed by atoms with Crippen LogP contribution in [0.15, 0.2) is 15.3 Å². The van der Waals surface area contributed by atoms with E-state index in [1.807, 2.05) is 13.0 Å². The van der Waals surface area contributed by atoms with E-state index in [4.69, 9.17) is 9.15 Å². The maximum Gasteiger partial charge on any atom is 0.349 e. The minimum atomic E-state index is -0.513. The average molecular weight is 434 g/mol. The zero-order valence-electron chi connectivity index (χ0n) is 16.1. The first-order valence-electron chi connectivity index (χ1n) is 9.57. The van der Waals surface area contributed by atoms with Gasteiger partial charge in [0.1, 0.15) is 11.3 Å². The Labute approximate surface area is 177 Å². The largest absolute Gasteiger partial charge is 0.427 e. The number of ether oxygens (including phenoxy) is 1. The summed E-state index contributed by atoms with van der Waals surface area (Å²) < 4.78 is 11.5.